The molecule has 0 saturated heterocycles. The fraction of sp³-hybridized carbons (Fsp3) is 0.579. The van der Waals surface area contributed by atoms with Crippen LogP contribution < -0.4 is 0 Å². The molecular formula is C19H31OZr+2. The first-order valence-corrected chi connectivity index (χ1v) is 7.96. The van der Waals surface area contributed by atoms with E-state index < -0.39 is 0 Å². The minimum absolute atomic E-state index is 0. The predicted octanol–water partition coefficient (Wildman–Crippen LogP) is 5.53. The average molecular weight is 367 g/mol. The normalized spacial score (nSPS) is 15.0. The standard InChI is InChI=1S/C8H7.2C5H10.CH4O.Zr/c1-2-8-6-4-3-5-7-8;2*1-2-4-5-3-1;1-2;/h3-7H,1H2;2*1-5H2;2H,1H3;/q-1;;;;+3. The van der Waals surface area contributed by atoms with Gasteiger partial charge in [0.2, 0.25) is 0 Å². The number of hydrogen-bond donors (Lipinski definition) is 1. The fourth-order valence-corrected chi connectivity index (χ4v) is 2.32. The topological polar surface area (TPSA) is 20.2 Å². The maximum absolute atomic E-state index is 7.00. The summed E-state index contributed by atoms with van der Waals surface area (Å²) in [6.45, 7) is 3.51. The van der Waals surface area contributed by atoms with Crippen molar-refractivity contribution in [3.8, 4) is 0 Å². The molecule has 2 aliphatic carbocycles. The van der Waals surface area contributed by atoms with Crippen LogP contribution in [-0.4, -0.2) is 12.2 Å². The summed E-state index contributed by atoms with van der Waals surface area (Å²) in [5.74, 6) is 0. The van der Waals surface area contributed by atoms with Crippen molar-refractivity contribution in [2.45, 2.75) is 64.2 Å². The molecule has 0 aromatic heterocycles. The van der Waals surface area contributed by atoms with Crippen molar-refractivity contribution >= 4 is 0 Å². The zero-order chi connectivity index (χ0) is 14.9. The molecule has 0 heterocycles. The molecule has 0 aliphatic heterocycles. The molecule has 0 bridgehead atoms. The second-order valence-electron chi connectivity index (χ2n) is 5.08. The molecule has 1 N–H and O–H groups in total. The maximum atomic E-state index is 7.00. The predicted molar refractivity (Wildman–Crippen MR) is 88.7 cm³/mol. The van der Waals surface area contributed by atoms with Gasteiger partial charge in [-0.1, -0.05) is 70.3 Å². The monoisotopic (exact) mass is 365 g/mol. The van der Waals surface area contributed by atoms with E-state index in [1.54, 1.807) is 0 Å². The molecule has 1 radical (unpaired) electrons. The van der Waals surface area contributed by atoms with E-state index in [-0.39, 0.29) is 26.2 Å². The van der Waals surface area contributed by atoms with E-state index in [2.05, 4.69) is 12.7 Å². The Kier molecular flexibility index (Phi) is 21.8. The van der Waals surface area contributed by atoms with Crippen LogP contribution in [0.25, 0.3) is 0 Å². The van der Waals surface area contributed by atoms with Crippen molar-refractivity contribution < 1.29 is 31.3 Å². The summed E-state index contributed by atoms with van der Waals surface area (Å²) < 4.78 is 0. The number of aliphatic hydroxyl groups excluding tert-OH is 1. The van der Waals surface area contributed by atoms with Crippen LogP contribution in [0.4, 0.5) is 0 Å². The second-order valence-corrected chi connectivity index (χ2v) is 5.08. The SMILES string of the molecule is C1CCCC1.C1CCCC1.C=[C-]c1ccccc1.CO.[Zr+3]. The van der Waals surface area contributed by atoms with Crippen LogP contribution in [0.5, 0.6) is 0 Å². The first kappa shape index (κ1) is 23.1. The van der Waals surface area contributed by atoms with Crippen LogP contribution in [0.1, 0.15) is 69.8 Å². The minimum atomic E-state index is 0. The van der Waals surface area contributed by atoms with Gasteiger partial charge in [0.15, 0.2) is 0 Å². The average Bonchev–Trinajstić information content (AvgIpc) is 3.27. The number of aliphatic hydroxyl groups is 1. The summed E-state index contributed by atoms with van der Waals surface area (Å²) in [6.07, 6.45) is 17.8. The summed E-state index contributed by atoms with van der Waals surface area (Å²) in [5, 5.41) is 7.00. The molecule has 1 aromatic carbocycles. The molecule has 2 aliphatic rings. The molecule has 0 spiro atoms. The number of hydrogen-bond acceptors (Lipinski definition) is 1. The molecule has 0 amide bonds. The van der Waals surface area contributed by atoms with Gasteiger partial charge in [-0.15, -0.1) is 12.1 Å². The fourth-order valence-electron chi connectivity index (χ4n) is 2.32. The summed E-state index contributed by atoms with van der Waals surface area (Å²) in [7, 11) is 1.00. The van der Waals surface area contributed by atoms with Crippen LogP contribution in [0, 0.1) is 6.08 Å². The van der Waals surface area contributed by atoms with Crippen molar-refractivity contribution in [2.75, 3.05) is 7.11 Å². The molecule has 0 unspecified atom stereocenters. The molecule has 0 atom stereocenters. The third-order valence-electron chi connectivity index (χ3n) is 3.48. The van der Waals surface area contributed by atoms with E-state index in [1.165, 1.54) is 64.2 Å². The van der Waals surface area contributed by atoms with Crippen molar-refractivity contribution in [3.63, 3.8) is 0 Å². The van der Waals surface area contributed by atoms with E-state index in [0.717, 1.165) is 12.7 Å². The summed E-state index contributed by atoms with van der Waals surface area (Å²) in [6, 6.07) is 9.84. The summed E-state index contributed by atoms with van der Waals surface area (Å²) >= 11 is 0. The van der Waals surface area contributed by atoms with Gasteiger partial charge < -0.3 is 5.11 Å². The Labute approximate surface area is 151 Å². The Bertz CT molecular complexity index is 264. The van der Waals surface area contributed by atoms with E-state index in [0.29, 0.717) is 0 Å². The Hall–Kier alpha value is -0.197. The van der Waals surface area contributed by atoms with Crippen molar-refractivity contribution in [1.82, 2.24) is 0 Å². The van der Waals surface area contributed by atoms with Crippen LogP contribution in [-0.2, 0) is 26.2 Å². The first-order valence-electron chi connectivity index (χ1n) is 7.96. The second kappa shape index (κ2) is 19.8. The molecule has 21 heavy (non-hydrogen) atoms. The van der Waals surface area contributed by atoms with Crippen molar-refractivity contribution in [2.24, 2.45) is 0 Å². The van der Waals surface area contributed by atoms with Crippen molar-refractivity contribution in [1.29, 1.82) is 0 Å². The molecule has 115 valence electrons. The zero-order valence-electron chi connectivity index (χ0n) is 13.6. The first-order chi connectivity index (χ1) is 9.93. The minimum Gasteiger partial charge on any atom is -0.400 e. The van der Waals surface area contributed by atoms with E-state index in [9.17, 15) is 0 Å². The largest absolute Gasteiger partial charge is 3.00 e. The molecule has 1 aromatic rings. The Morgan fingerprint density at radius 1 is 0.714 bits per heavy atom. The van der Waals surface area contributed by atoms with E-state index in [1.807, 2.05) is 30.3 Å². The smallest absolute Gasteiger partial charge is 0.400 e. The van der Waals surface area contributed by atoms with Gasteiger partial charge in [0.05, 0.1) is 0 Å². The maximum Gasteiger partial charge on any atom is 3.00 e. The van der Waals surface area contributed by atoms with Crippen molar-refractivity contribution in [3.05, 3.63) is 48.6 Å². The van der Waals surface area contributed by atoms with Crippen LogP contribution in [0.3, 0.4) is 0 Å². The summed E-state index contributed by atoms with van der Waals surface area (Å²) in [5.41, 5.74) is 1.05. The summed E-state index contributed by atoms with van der Waals surface area (Å²) in [4.78, 5) is 0. The van der Waals surface area contributed by atoms with Crippen LogP contribution >= 0.6 is 0 Å². The van der Waals surface area contributed by atoms with Gasteiger partial charge in [0.25, 0.3) is 0 Å². The van der Waals surface area contributed by atoms with Gasteiger partial charge in [-0.3, -0.25) is 0 Å². The Balaban J connectivity index is 0. The molecule has 2 fully saturated rings. The van der Waals surface area contributed by atoms with Gasteiger partial charge >= 0.3 is 26.2 Å². The zero-order valence-corrected chi connectivity index (χ0v) is 16.1. The van der Waals surface area contributed by atoms with Gasteiger partial charge in [-0.25, -0.2) is 0 Å². The number of benzene rings is 1. The number of rotatable bonds is 1. The Morgan fingerprint density at radius 2 is 1.00 bits per heavy atom. The van der Waals surface area contributed by atoms with Crippen LogP contribution in [0.2, 0.25) is 0 Å². The molecule has 3 rings (SSSR count). The van der Waals surface area contributed by atoms with Gasteiger partial charge in [0.1, 0.15) is 0 Å². The molecule has 1 nitrogen and oxygen atoms in total. The Morgan fingerprint density at radius 3 is 1.19 bits per heavy atom. The third kappa shape index (κ3) is 16.0. The molecule has 2 heteroatoms. The third-order valence-corrected chi connectivity index (χ3v) is 3.48. The van der Waals surface area contributed by atoms with Gasteiger partial charge in [-0.05, 0) is 0 Å². The molecular weight excluding hydrogens is 335 g/mol. The van der Waals surface area contributed by atoms with Gasteiger partial charge in [-0.2, -0.15) is 30.4 Å². The van der Waals surface area contributed by atoms with Gasteiger partial charge in [0, 0.05) is 7.11 Å². The quantitative estimate of drug-likeness (QED) is 0.648. The van der Waals surface area contributed by atoms with E-state index >= 15 is 0 Å². The van der Waals surface area contributed by atoms with Crippen LogP contribution in [0.15, 0.2) is 36.9 Å². The molecule has 2 saturated carbocycles. The van der Waals surface area contributed by atoms with E-state index in [4.69, 9.17) is 5.11 Å².